The molecule has 0 N–H and O–H groups in total. The Balaban J connectivity index is 1.90. The zero-order valence-electron chi connectivity index (χ0n) is 18.2. The predicted octanol–water partition coefficient (Wildman–Crippen LogP) is 6.60. The number of benzene rings is 3. The van der Waals surface area contributed by atoms with Crippen LogP contribution in [-0.2, 0) is 20.0 Å². The zero-order chi connectivity index (χ0) is 21.7. The smallest absolute Gasteiger partial charge is 0.308 e. The second kappa shape index (κ2) is 9.93. The molecule has 0 aromatic heterocycles. The number of rotatable bonds is 8. The molecule has 1 atom stereocenters. The molecule has 1 aliphatic heterocycles. The Hall–Kier alpha value is -2.23. The molecule has 0 fully saturated rings. The van der Waals surface area contributed by atoms with E-state index in [1.54, 1.807) is 0 Å². The molecular weight excluding hydrogens is 405 g/mol. The van der Waals surface area contributed by atoms with E-state index in [9.17, 15) is 4.57 Å². The monoisotopic (exact) mass is 435 g/mol. The van der Waals surface area contributed by atoms with Gasteiger partial charge < -0.3 is 9.05 Å². The Labute approximate surface area is 185 Å². The quantitative estimate of drug-likeness (QED) is 0.374. The van der Waals surface area contributed by atoms with Gasteiger partial charge in [0.2, 0.25) is 0 Å². The Bertz CT molecular complexity index is 976. The van der Waals surface area contributed by atoms with Crippen molar-refractivity contribution in [2.75, 3.05) is 19.8 Å². The SMILES string of the molecule is CCOP(=O)(OCC)C1c2ccccc2CCN1C(c1ccccc1)c1ccccc1. The summed E-state index contributed by atoms with van der Waals surface area (Å²) in [6, 6.07) is 29.0. The highest BCUT2D eigenvalue weighted by Gasteiger charge is 2.46. The lowest BCUT2D eigenvalue weighted by Crippen LogP contribution is -2.39. The molecule has 5 heteroatoms. The Morgan fingerprint density at radius 2 is 1.35 bits per heavy atom. The molecule has 3 aromatic rings. The Morgan fingerprint density at radius 1 is 0.839 bits per heavy atom. The maximum atomic E-state index is 14.2. The second-order valence-corrected chi connectivity index (χ2v) is 9.74. The fraction of sp³-hybridized carbons (Fsp3) is 0.308. The molecule has 0 radical (unpaired) electrons. The van der Waals surface area contributed by atoms with Gasteiger partial charge in [-0.2, -0.15) is 0 Å². The molecule has 0 amide bonds. The van der Waals surface area contributed by atoms with Crippen molar-refractivity contribution in [3.63, 3.8) is 0 Å². The van der Waals surface area contributed by atoms with E-state index in [0.29, 0.717) is 13.2 Å². The zero-order valence-corrected chi connectivity index (χ0v) is 19.1. The van der Waals surface area contributed by atoms with Gasteiger partial charge in [-0.05, 0) is 42.5 Å². The lowest BCUT2D eigenvalue weighted by molar-refractivity contribution is 0.135. The van der Waals surface area contributed by atoms with E-state index in [2.05, 4.69) is 65.6 Å². The molecule has 162 valence electrons. The maximum Gasteiger partial charge on any atom is 0.352 e. The summed E-state index contributed by atoms with van der Waals surface area (Å²) in [5, 5.41) is 0. The number of fused-ring (bicyclic) bond motifs is 1. The number of hydrogen-bond acceptors (Lipinski definition) is 4. The normalized spacial score (nSPS) is 16.9. The van der Waals surface area contributed by atoms with Crippen LogP contribution in [0.3, 0.4) is 0 Å². The lowest BCUT2D eigenvalue weighted by Gasteiger charge is -2.44. The molecule has 4 nitrogen and oxygen atoms in total. The van der Waals surface area contributed by atoms with Crippen molar-refractivity contribution in [1.29, 1.82) is 0 Å². The first-order chi connectivity index (χ1) is 15.2. The minimum Gasteiger partial charge on any atom is -0.308 e. The highest BCUT2D eigenvalue weighted by molar-refractivity contribution is 7.54. The predicted molar refractivity (Wildman–Crippen MR) is 125 cm³/mol. The number of nitrogens with zero attached hydrogens (tertiary/aromatic N) is 1. The van der Waals surface area contributed by atoms with E-state index in [-0.39, 0.29) is 6.04 Å². The van der Waals surface area contributed by atoms with E-state index < -0.39 is 13.4 Å². The van der Waals surface area contributed by atoms with Gasteiger partial charge in [-0.15, -0.1) is 0 Å². The van der Waals surface area contributed by atoms with Gasteiger partial charge in [-0.1, -0.05) is 84.9 Å². The fourth-order valence-corrected chi connectivity index (χ4v) is 6.85. The van der Waals surface area contributed by atoms with E-state index in [1.807, 2.05) is 38.1 Å². The second-order valence-electron chi connectivity index (χ2n) is 7.66. The summed E-state index contributed by atoms with van der Waals surface area (Å²) in [7, 11) is -3.45. The van der Waals surface area contributed by atoms with Crippen molar-refractivity contribution >= 4 is 7.60 Å². The summed E-state index contributed by atoms with van der Waals surface area (Å²) in [6.07, 6.45) is 0.890. The van der Waals surface area contributed by atoms with Crippen molar-refractivity contribution in [3.05, 3.63) is 107 Å². The third-order valence-corrected chi connectivity index (χ3v) is 8.18. The summed E-state index contributed by atoms with van der Waals surface area (Å²) in [4.78, 5) is 2.32. The Kier molecular flexibility index (Phi) is 7.04. The molecule has 0 saturated heterocycles. The molecule has 0 spiro atoms. The first kappa shape index (κ1) is 22.0. The van der Waals surface area contributed by atoms with Gasteiger partial charge in [-0.3, -0.25) is 9.46 Å². The van der Waals surface area contributed by atoms with Crippen LogP contribution in [0.25, 0.3) is 0 Å². The van der Waals surface area contributed by atoms with Gasteiger partial charge in [-0.25, -0.2) is 0 Å². The van der Waals surface area contributed by atoms with Crippen LogP contribution in [0.15, 0.2) is 84.9 Å². The van der Waals surface area contributed by atoms with Crippen molar-refractivity contribution < 1.29 is 13.6 Å². The van der Waals surface area contributed by atoms with Gasteiger partial charge in [0.25, 0.3) is 0 Å². The lowest BCUT2D eigenvalue weighted by atomic mass is 9.92. The van der Waals surface area contributed by atoms with Gasteiger partial charge >= 0.3 is 7.60 Å². The summed E-state index contributed by atoms with van der Waals surface area (Å²) >= 11 is 0. The van der Waals surface area contributed by atoms with E-state index in [0.717, 1.165) is 29.7 Å². The summed E-state index contributed by atoms with van der Waals surface area (Å²) in [6.45, 7) is 5.18. The molecule has 0 bridgehead atoms. The maximum absolute atomic E-state index is 14.2. The summed E-state index contributed by atoms with van der Waals surface area (Å²) < 4.78 is 26.0. The van der Waals surface area contributed by atoms with Crippen LogP contribution in [0.4, 0.5) is 0 Å². The molecular formula is C26H30NO3P. The van der Waals surface area contributed by atoms with Crippen LogP contribution in [0.1, 0.15) is 47.9 Å². The molecule has 4 rings (SSSR count). The molecule has 31 heavy (non-hydrogen) atoms. The molecule has 0 saturated carbocycles. The van der Waals surface area contributed by atoms with Crippen molar-refractivity contribution in [3.8, 4) is 0 Å². The summed E-state index contributed by atoms with van der Waals surface area (Å²) in [5.41, 5.74) is 4.58. The van der Waals surface area contributed by atoms with Crippen LogP contribution >= 0.6 is 7.60 Å². The van der Waals surface area contributed by atoms with Gasteiger partial charge in [0.05, 0.1) is 19.3 Å². The summed E-state index contributed by atoms with van der Waals surface area (Å²) in [5.74, 6) is -0.470. The van der Waals surface area contributed by atoms with Gasteiger partial charge in [0.1, 0.15) is 5.78 Å². The topological polar surface area (TPSA) is 38.8 Å². The van der Waals surface area contributed by atoms with Crippen LogP contribution in [0.2, 0.25) is 0 Å². The minimum atomic E-state index is -3.45. The Morgan fingerprint density at radius 3 is 1.90 bits per heavy atom. The highest BCUT2D eigenvalue weighted by Crippen LogP contribution is 2.65. The molecule has 3 aromatic carbocycles. The van der Waals surface area contributed by atoms with Gasteiger partial charge in [0, 0.05) is 6.54 Å². The van der Waals surface area contributed by atoms with Crippen LogP contribution in [0, 0.1) is 0 Å². The van der Waals surface area contributed by atoms with E-state index in [4.69, 9.17) is 9.05 Å². The van der Waals surface area contributed by atoms with E-state index >= 15 is 0 Å². The van der Waals surface area contributed by atoms with Crippen LogP contribution in [0.5, 0.6) is 0 Å². The third-order valence-electron chi connectivity index (χ3n) is 5.77. The van der Waals surface area contributed by atoms with Crippen molar-refractivity contribution in [2.24, 2.45) is 0 Å². The van der Waals surface area contributed by atoms with Crippen molar-refractivity contribution in [1.82, 2.24) is 4.90 Å². The molecule has 1 unspecified atom stereocenters. The highest BCUT2D eigenvalue weighted by atomic mass is 31.2. The molecule has 1 aliphatic rings. The third kappa shape index (κ3) is 4.53. The first-order valence-corrected chi connectivity index (χ1v) is 12.6. The van der Waals surface area contributed by atoms with Gasteiger partial charge in [0.15, 0.2) is 0 Å². The van der Waals surface area contributed by atoms with E-state index in [1.165, 1.54) is 5.56 Å². The molecule has 1 heterocycles. The molecule has 0 aliphatic carbocycles. The largest absolute Gasteiger partial charge is 0.352 e. The van der Waals surface area contributed by atoms with Crippen molar-refractivity contribution in [2.45, 2.75) is 32.1 Å². The van der Waals surface area contributed by atoms with Crippen LogP contribution in [-0.4, -0.2) is 24.7 Å². The fourth-order valence-electron chi connectivity index (χ4n) is 4.57. The average molecular weight is 436 g/mol. The van der Waals surface area contributed by atoms with Crippen LogP contribution < -0.4 is 0 Å². The first-order valence-electron chi connectivity index (χ1n) is 11.0. The minimum absolute atomic E-state index is 0.0602. The average Bonchev–Trinajstić information content (AvgIpc) is 2.81. The number of hydrogen-bond donors (Lipinski definition) is 0. The standard InChI is InChI=1S/C26H30NO3P/c1-3-29-31(28,30-4-2)26-24-18-12-11-13-21(24)19-20-27(26)25(22-14-7-5-8-15-22)23-16-9-6-10-17-23/h5-18,25-26H,3-4,19-20H2,1-2H3.